The molecule has 0 aliphatic heterocycles. The summed E-state index contributed by atoms with van der Waals surface area (Å²) in [5.74, 6) is 0.375. The Morgan fingerprint density at radius 1 is 1.20 bits per heavy atom. The number of nitrogens with zero attached hydrogens (tertiary/aromatic N) is 2. The van der Waals surface area contributed by atoms with Gasteiger partial charge < -0.3 is 15.2 Å². The normalized spacial score (nSPS) is 10.5. The minimum absolute atomic E-state index is 0.111. The summed E-state index contributed by atoms with van der Waals surface area (Å²) in [5, 5.41) is 9.24. The minimum Gasteiger partial charge on any atom is -0.343 e. The quantitative estimate of drug-likeness (QED) is 0.733. The number of amides is 2. The summed E-state index contributed by atoms with van der Waals surface area (Å²) in [6.45, 7) is 3.49. The van der Waals surface area contributed by atoms with Gasteiger partial charge in [-0.25, -0.2) is 0 Å². The molecule has 25 heavy (non-hydrogen) atoms. The number of benzene rings is 1. The maximum atomic E-state index is 12.1. The number of aromatic nitrogens is 2. The van der Waals surface area contributed by atoms with Crippen molar-refractivity contribution in [3.05, 3.63) is 52.7 Å². The van der Waals surface area contributed by atoms with E-state index in [9.17, 15) is 9.59 Å². The molecule has 3 rings (SSSR count). The third-order valence-electron chi connectivity index (χ3n) is 3.39. The van der Waals surface area contributed by atoms with Crippen molar-refractivity contribution >= 4 is 28.8 Å². The zero-order valence-electron chi connectivity index (χ0n) is 13.7. The summed E-state index contributed by atoms with van der Waals surface area (Å²) in [6, 6.07) is 10.5. The van der Waals surface area contributed by atoms with E-state index < -0.39 is 0 Å². The van der Waals surface area contributed by atoms with Gasteiger partial charge in [0.2, 0.25) is 17.6 Å². The summed E-state index contributed by atoms with van der Waals surface area (Å²) < 4.78 is 4.97. The van der Waals surface area contributed by atoms with Crippen LogP contribution in [-0.4, -0.2) is 28.5 Å². The molecule has 0 unspecified atom stereocenters. The fourth-order valence-electron chi connectivity index (χ4n) is 2.16. The van der Waals surface area contributed by atoms with Crippen molar-refractivity contribution in [1.29, 1.82) is 0 Å². The Kier molecular flexibility index (Phi) is 4.90. The molecular weight excluding hydrogens is 340 g/mol. The van der Waals surface area contributed by atoms with Gasteiger partial charge in [-0.05, 0) is 25.1 Å². The van der Waals surface area contributed by atoms with Gasteiger partial charge in [0.25, 0.3) is 5.91 Å². The molecule has 0 aliphatic carbocycles. The zero-order valence-corrected chi connectivity index (χ0v) is 14.5. The highest BCUT2D eigenvalue weighted by Gasteiger charge is 2.14. The van der Waals surface area contributed by atoms with Crippen LogP contribution < -0.4 is 10.6 Å². The van der Waals surface area contributed by atoms with Crippen molar-refractivity contribution in [3.63, 3.8) is 0 Å². The van der Waals surface area contributed by atoms with Crippen molar-refractivity contribution in [2.75, 3.05) is 11.9 Å². The SMILES string of the molecule is Cc1nc(-c2cc(NC(=O)CNC(=O)c3ccccc3)c(C)s2)no1. The van der Waals surface area contributed by atoms with Crippen LogP contribution >= 0.6 is 11.3 Å². The molecule has 0 saturated heterocycles. The van der Waals surface area contributed by atoms with E-state index >= 15 is 0 Å². The van der Waals surface area contributed by atoms with Crippen LogP contribution in [0.3, 0.4) is 0 Å². The van der Waals surface area contributed by atoms with Crippen LogP contribution in [0.25, 0.3) is 10.7 Å². The second-order valence-corrected chi connectivity index (χ2v) is 6.57. The lowest BCUT2D eigenvalue weighted by atomic mass is 10.2. The number of rotatable bonds is 5. The van der Waals surface area contributed by atoms with Gasteiger partial charge in [0.15, 0.2) is 0 Å². The Balaban J connectivity index is 1.60. The number of thiophene rings is 1. The van der Waals surface area contributed by atoms with E-state index in [1.807, 2.05) is 13.0 Å². The number of carbonyl (C=O) groups is 2. The van der Waals surface area contributed by atoms with Crippen molar-refractivity contribution in [1.82, 2.24) is 15.5 Å². The second-order valence-electron chi connectivity index (χ2n) is 5.31. The molecule has 0 bridgehead atoms. The molecule has 128 valence electrons. The second kappa shape index (κ2) is 7.27. The molecule has 2 heterocycles. The fourth-order valence-corrected chi connectivity index (χ4v) is 3.06. The molecule has 2 amide bonds. The molecular formula is C17H16N4O3S. The first kappa shape index (κ1) is 16.8. The number of hydrogen-bond donors (Lipinski definition) is 2. The van der Waals surface area contributed by atoms with Gasteiger partial charge in [-0.1, -0.05) is 23.4 Å². The molecule has 0 saturated carbocycles. The maximum absolute atomic E-state index is 12.1. The van der Waals surface area contributed by atoms with Crippen LogP contribution in [0.1, 0.15) is 21.1 Å². The summed E-state index contributed by atoms with van der Waals surface area (Å²) in [7, 11) is 0. The van der Waals surface area contributed by atoms with Gasteiger partial charge in [-0.3, -0.25) is 9.59 Å². The lowest BCUT2D eigenvalue weighted by molar-refractivity contribution is -0.115. The van der Waals surface area contributed by atoms with Crippen molar-refractivity contribution in [3.8, 4) is 10.7 Å². The number of anilines is 1. The highest BCUT2D eigenvalue weighted by atomic mass is 32.1. The highest BCUT2D eigenvalue weighted by molar-refractivity contribution is 7.16. The third-order valence-corrected chi connectivity index (χ3v) is 4.43. The van der Waals surface area contributed by atoms with Crippen LogP contribution in [0.2, 0.25) is 0 Å². The zero-order chi connectivity index (χ0) is 17.8. The Bertz CT molecular complexity index is 902. The number of carbonyl (C=O) groups excluding carboxylic acids is 2. The van der Waals surface area contributed by atoms with E-state index in [0.29, 0.717) is 23.0 Å². The molecule has 0 radical (unpaired) electrons. The third kappa shape index (κ3) is 4.10. The number of hydrogen-bond acceptors (Lipinski definition) is 6. The van der Waals surface area contributed by atoms with E-state index in [2.05, 4.69) is 20.8 Å². The summed E-state index contributed by atoms with van der Waals surface area (Å²) in [5.41, 5.74) is 1.18. The van der Waals surface area contributed by atoms with E-state index in [0.717, 1.165) is 9.75 Å². The van der Waals surface area contributed by atoms with Crippen molar-refractivity contribution in [2.24, 2.45) is 0 Å². The maximum Gasteiger partial charge on any atom is 0.251 e. The van der Waals surface area contributed by atoms with Crippen LogP contribution in [0.5, 0.6) is 0 Å². The molecule has 0 fully saturated rings. The van der Waals surface area contributed by atoms with Gasteiger partial charge in [-0.2, -0.15) is 4.98 Å². The van der Waals surface area contributed by atoms with Crippen LogP contribution in [0, 0.1) is 13.8 Å². The van der Waals surface area contributed by atoms with Crippen LogP contribution in [-0.2, 0) is 4.79 Å². The first-order valence-electron chi connectivity index (χ1n) is 7.57. The van der Waals surface area contributed by atoms with E-state index in [-0.39, 0.29) is 18.4 Å². The average molecular weight is 356 g/mol. The minimum atomic E-state index is -0.305. The molecule has 7 nitrogen and oxygen atoms in total. The molecule has 8 heteroatoms. The van der Waals surface area contributed by atoms with Gasteiger partial charge in [0.05, 0.1) is 17.1 Å². The van der Waals surface area contributed by atoms with Crippen molar-refractivity contribution in [2.45, 2.75) is 13.8 Å². The fraction of sp³-hybridized carbons (Fsp3) is 0.176. The van der Waals surface area contributed by atoms with Crippen LogP contribution in [0.4, 0.5) is 5.69 Å². The summed E-state index contributed by atoms with van der Waals surface area (Å²) in [6.07, 6.45) is 0. The molecule has 0 atom stereocenters. The van der Waals surface area contributed by atoms with Crippen molar-refractivity contribution < 1.29 is 14.1 Å². The lowest BCUT2D eigenvalue weighted by Gasteiger charge is -2.06. The van der Waals surface area contributed by atoms with Gasteiger partial charge in [0.1, 0.15) is 0 Å². The van der Waals surface area contributed by atoms with Gasteiger partial charge in [0, 0.05) is 17.4 Å². The first-order valence-corrected chi connectivity index (χ1v) is 8.39. The number of aryl methyl sites for hydroxylation is 2. The molecule has 3 aromatic rings. The summed E-state index contributed by atoms with van der Waals surface area (Å²) >= 11 is 1.46. The Labute approximate surface area is 148 Å². The first-order chi connectivity index (χ1) is 12.0. The molecule has 0 aliphatic rings. The van der Waals surface area contributed by atoms with E-state index in [1.54, 1.807) is 37.3 Å². The number of nitrogens with one attached hydrogen (secondary N) is 2. The predicted octanol–water partition coefficient (Wildman–Crippen LogP) is 2.78. The predicted molar refractivity (Wildman–Crippen MR) is 94.5 cm³/mol. The largest absolute Gasteiger partial charge is 0.343 e. The smallest absolute Gasteiger partial charge is 0.251 e. The monoisotopic (exact) mass is 356 g/mol. The Morgan fingerprint density at radius 3 is 2.64 bits per heavy atom. The molecule has 0 spiro atoms. The Hall–Kier alpha value is -3.00. The average Bonchev–Trinajstić information content (AvgIpc) is 3.20. The highest BCUT2D eigenvalue weighted by Crippen LogP contribution is 2.32. The topological polar surface area (TPSA) is 97.1 Å². The summed E-state index contributed by atoms with van der Waals surface area (Å²) in [4.78, 5) is 29.9. The molecule has 2 aromatic heterocycles. The van der Waals surface area contributed by atoms with Gasteiger partial charge >= 0.3 is 0 Å². The standard InChI is InChI=1S/C17H16N4O3S/c1-10-13(8-14(25-10)16-19-11(2)24-21-16)20-15(22)9-18-17(23)12-6-4-3-5-7-12/h3-8H,9H2,1-2H3,(H,18,23)(H,20,22). The van der Waals surface area contributed by atoms with Gasteiger partial charge in [-0.15, -0.1) is 11.3 Å². The van der Waals surface area contributed by atoms with Crippen LogP contribution in [0.15, 0.2) is 40.9 Å². The molecule has 2 N–H and O–H groups in total. The molecule has 1 aromatic carbocycles. The van der Waals surface area contributed by atoms with E-state index in [4.69, 9.17) is 4.52 Å². The Morgan fingerprint density at radius 2 is 1.96 bits per heavy atom. The van der Waals surface area contributed by atoms with E-state index in [1.165, 1.54) is 11.3 Å². The lowest BCUT2D eigenvalue weighted by Crippen LogP contribution is -2.32.